The van der Waals surface area contributed by atoms with Crippen LogP contribution in [-0.4, -0.2) is 99.5 Å². The lowest BCUT2D eigenvalue weighted by Crippen LogP contribution is -2.49. The Morgan fingerprint density at radius 1 is 0.569 bits per heavy atom. The topological polar surface area (TPSA) is 253 Å². The largest absolute Gasteiger partial charge is 0.460 e. The molecule has 0 aliphatic heterocycles. The first kappa shape index (κ1) is 58.8. The Hall–Kier alpha value is -7.51. The molecule has 3 aromatic carbocycles. The van der Waals surface area contributed by atoms with Crippen LogP contribution in [0.2, 0.25) is 0 Å². The summed E-state index contributed by atoms with van der Waals surface area (Å²) in [5.74, 6) is -3.97. The zero-order valence-corrected chi connectivity index (χ0v) is 43.9. The monoisotopic (exact) mass is 1000 g/mol. The van der Waals surface area contributed by atoms with Crippen LogP contribution in [0.3, 0.4) is 0 Å². The van der Waals surface area contributed by atoms with Gasteiger partial charge < -0.3 is 38.5 Å². The average molecular weight is 1000 g/mol. The van der Waals surface area contributed by atoms with Gasteiger partial charge in [-0.15, -0.1) is 0 Å². The van der Waals surface area contributed by atoms with Crippen molar-refractivity contribution in [2.24, 2.45) is 4.99 Å². The number of hydrogen-bond acceptors (Lipinski definition) is 16. The maximum Gasteiger partial charge on any atom is 0.414 e. The Kier molecular flexibility index (Phi) is 20.1. The van der Waals surface area contributed by atoms with Gasteiger partial charge in [0.1, 0.15) is 52.9 Å². The highest BCUT2D eigenvalue weighted by atomic mass is 16.6. The van der Waals surface area contributed by atoms with Crippen LogP contribution in [0.15, 0.2) is 77.8 Å². The molecule has 392 valence electrons. The van der Waals surface area contributed by atoms with Crippen molar-refractivity contribution in [3.63, 3.8) is 0 Å². The molecule has 3 N–H and O–H groups in total. The van der Waals surface area contributed by atoms with Crippen LogP contribution < -0.4 is 20.7 Å². The highest BCUT2D eigenvalue weighted by Gasteiger charge is 2.32. The molecule has 0 aliphatic rings. The third-order valence-corrected chi connectivity index (χ3v) is 8.42. The Bertz CT molecular complexity index is 2420. The van der Waals surface area contributed by atoms with E-state index in [-0.39, 0.29) is 41.7 Å². The molecular formula is C52H69N5O15. The summed E-state index contributed by atoms with van der Waals surface area (Å²) in [5.41, 5.74) is -2.83. The highest BCUT2D eigenvalue weighted by Crippen LogP contribution is 2.21. The minimum absolute atomic E-state index is 0.136. The van der Waals surface area contributed by atoms with Crippen LogP contribution in [0.25, 0.3) is 0 Å². The third kappa shape index (κ3) is 23.4. The van der Waals surface area contributed by atoms with Gasteiger partial charge in [0, 0.05) is 6.54 Å². The predicted molar refractivity (Wildman–Crippen MR) is 264 cm³/mol. The maximum absolute atomic E-state index is 13.8. The van der Waals surface area contributed by atoms with Crippen LogP contribution >= 0.6 is 0 Å². The molecule has 3 aromatic rings. The number of carbonyl (C=O) groups is 8. The number of nitrogens with zero attached hydrogens (tertiary/aromatic N) is 2. The number of guanidine groups is 1. The normalized spacial score (nSPS) is 12.2. The molecule has 1 atom stereocenters. The van der Waals surface area contributed by atoms with Gasteiger partial charge in [-0.25, -0.2) is 33.8 Å². The van der Waals surface area contributed by atoms with Crippen molar-refractivity contribution in [1.29, 1.82) is 0 Å². The lowest BCUT2D eigenvalue weighted by molar-refractivity contribution is -0.165. The minimum Gasteiger partial charge on any atom is -0.460 e. The van der Waals surface area contributed by atoms with Gasteiger partial charge in [-0.2, -0.15) is 0 Å². The minimum atomic E-state index is -1.47. The van der Waals surface area contributed by atoms with Crippen molar-refractivity contribution in [2.45, 2.75) is 157 Å². The van der Waals surface area contributed by atoms with E-state index in [1.54, 1.807) is 134 Å². The molecule has 72 heavy (non-hydrogen) atoms. The molecule has 20 nitrogen and oxygen atoms in total. The lowest BCUT2D eigenvalue weighted by Gasteiger charge is -2.27. The van der Waals surface area contributed by atoms with Gasteiger partial charge in [-0.3, -0.25) is 25.1 Å². The van der Waals surface area contributed by atoms with E-state index in [0.29, 0.717) is 11.1 Å². The number of hydrogen-bond donors (Lipinski definition) is 3. The second-order valence-electron chi connectivity index (χ2n) is 21.4. The van der Waals surface area contributed by atoms with Crippen molar-refractivity contribution in [1.82, 2.24) is 20.9 Å². The van der Waals surface area contributed by atoms with E-state index in [0.717, 1.165) is 4.90 Å². The molecule has 0 saturated carbocycles. The van der Waals surface area contributed by atoms with E-state index in [1.807, 2.05) is 0 Å². The maximum atomic E-state index is 13.8. The molecule has 0 spiro atoms. The zero-order valence-electron chi connectivity index (χ0n) is 43.9. The molecule has 0 saturated heterocycles. The van der Waals surface area contributed by atoms with Crippen LogP contribution in [0.1, 0.15) is 142 Å². The van der Waals surface area contributed by atoms with Crippen molar-refractivity contribution in [2.75, 3.05) is 6.54 Å². The van der Waals surface area contributed by atoms with E-state index >= 15 is 0 Å². The Morgan fingerprint density at radius 3 is 1.61 bits per heavy atom. The summed E-state index contributed by atoms with van der Waals surface area (Å²) in [4.78, 5) is 110. The quantitative estimate of drug-likeness (QED) is 0.0449. The summed E-state index contributed by atoms with van der Waals surface area (Å²) in [5, 5.41) is 7.27. The Balaban J connectivity index is 1.79. The SMILES string of the molecule is CC(C)(C)OC(=O)C[C@H](NC(=O)CN(Cc1cccc(C(=O)OC(C)(C)C)c1)C(=O)OCc1ccc(OC(=O)c2ccc(N=C(NC(=O)OC(C)(C)C)NC(=O)OC(C)(C)C)cc2)cc1)C(=O)OC(C)(C)C. The fraction of sp³-hybridized carbons (Fsp3) is 0.481. The van der Waals surface area contributed by atoms with Crippen LogP contribution in [0.4, 0.5) is 20.1 Å². The number of rotatable bonds is 14. The van der Waals surface area contributed by atoms with Crippen molar-refractivity contribution >= 4 is 59.7 Å². The summed E-state index contributed by atoms with van der Waals surface area (Å²) in [6, 6.07) is 16.6. The van der Waals surface area contributed by atoms with Gasteiger partial charge in [0.15, 0.2) is 0 Å². The zero-order chi connectivity index (χ0) is 54.4. The number of benzene rings is 3. The van der Waals surface area contributed by atoms with E-state index in [9.17, 15) is 38.4 Å². The van der Waals surface area contributed by atoms with Crippen molar-refractivity contribution in [3.8, 4) is 5.75 Å². The molecule has 0 fully saturated rings. The molecule has 3 rings (SSSR count). The van der Waals surface area contributed by atoms with E-state index in [1.165, 1.54) is 42.5 Å². The molecule has 0 bridgehead atoms. The fourth-order valence-corrected chi connectivity index (χ4v) is 5.81. The number of aliphatic imine (C=N–C) groups is 1. The van der Waals surface area contributed by atoms with Gasteiger partial charge in [-0.05, 0) is 164 Å². The predicted octanol–water partition coefficient (Wildman–Crippen LogP) is 8.60. The molecule has 4 amide bonds. The fourth-order valence-electron chi connectivity index (χ4n) is 5.81. The first-order valence-electron chi connectivity index (χ1n) is 23.0. The molecule has 0 radical (unpaired) electrons. The number of esters is 4. The van der Waals surface area contributed by atoms with Crippen LogP contribution in [0.5, 0.6) is 5.75 Å². The van der Waals surface area contributed by atoms with Crippen molar-refractivity contribution < 1.29 is 71.5 Å². The summed E-state index contributed by atoms with van der Waals surface area (Å²) in [6.45, 7) is 23.8. The molecule has 0 unspecified atom stereocenters. The number of nitrogens with one attached hydrogen (secondary N) is 3. The average Bonchev–Trinajstić information content (AvgIpc) is 3.19. The lowest BCUT2D eigenvalue weighted by atomic mass is 10.1. The second kappa shape index (κ2) is 24.6. The van der Waals surface area contributed by atoms with Gasteiger partial charge >= 0.3 is 42.2 Å². The summed E-state index contributed by atoms with van der Waals surface area (Å²) in [6.07, 6.45) is -3.27. The molecule has 0 aliphatic carbocycles. The summed E-state index contributed by atoms with van der Waals surface area (Å²) < 4.78 is 38.1. The van der Waals surface area contributed by atoms with Gasteiger partial charge in [-0.1, -0.05) is 24.3 Å². The van der Waals surface area contributed by atoms with Crippen molar-refractivity contribution in [3.05, 3.63) is 95.1 Å². The highest BCUT2D eigenvalue weighted by molar-refractivity contribution is 6.02. The number of alkyl carbamates (subject to hydrolysis) is 2. The molecule has 0 aromatic heterocycles. The molecule has 20 heteroatoms. The first-order chi connectivity index (χ1) is 33.0. The van der Waals surface area contributed by atoms with Crippen LogP contribution in [0, 0.1) is 0 Å². The number of carbonyl (C=O) groups excluding carboxylic acids is 8. The van der Waals surface area contributed by atoms with E-state index in [2.05, 4.69) is 20.9 Å². The van der Waals surface area contributed by atoms with Gasteiger partial charge in [0.25, 0.3) is 0 Å². The Morgan fingerprint density at radius 2 is 1.10 bits per heavy atom. The first-order valence-corrected chi connectivity index (χ1v) is 23.0. The molecular weight excluding hydrogens is 935 g/mol. The third-order valence-electron chi connectivity index (χ3n) is 8.42. The summed E-state index contributed by atoms with van der Waals surface area (Å²) in [7, 11) is 0. The second-order valence-corrected chi connectivity index (χ2v) is 21.4. The van der Waals surface area contributed by atoms with Crippen LogP contribution in [-0.2, 0) is 56.0 Å². The number of ether oxygens (including phenoxy) is 7. The smallest absolute Gasteiger partial charge is 0.414 e. The van der Waals surface area contributed by atoms with E-state index in [4.69, 9.17) is 33.2 Å². The number of amides is 4. The standard InChI is InChI=1S/C52H69N5O15/c1-48(2,3)68-40(59)28-38(43(62)70-50(7,8)9)54-39(58)30-57(29-33-17-16-18-35(27-33)42(61)69-49(4,5)6)47(65)66-31-32-19-25-37(26-20-32)67-41(60)34-21-23-36(24-22-34)53-44(55-45(63)71-51(10,11)12)56-46(64)72-52(13,14)15/h16-27,38H,28-31H2,1-15H3,(H,54,58)(H2,53,55,56,63,64)/t38-/m0/s1. The van der Waals surface area contributed by atoms with E-state index < -0.39 is 95.1 Å². The molecule has 0 heterocycles. The van der Waals surface area contributed by atoms with Gasteiger partial charge in [0.2, 0.25) is 11.9 Å². The Labute approximate surface area is 420 Å². The van der Waals surface area contributed by atoms with Gasteiger partial charge in [0.05, 0.1) is 23.2 Å². The summed E-state index contributed by atoms with van der Waals surface area (Å²) >= 11 is 0.